The lowest BCUT2D eigenvalue weighted by Gasteiger charge is -2.49. The smallest absolute Gasteiger partial charge is 0.284 e. The van der Waals surface area contributed by atoms with E-state index in [1.54, 1.807) is 0 Å². The molecule has 0 saturated carbocycles. The molecule has 0 rings (SSSR count). The van der Waals surface area contributed by atoms with Crippen molar-refractivity contribution < 1.29 is 87.6 Å². The molecule has 0 aliphatic heterocycles. The average molecular weight is 500 g/mol. The summed E-state index contributed by atoms with van der Waals surface area (Å²) in [5.41, 5.74) is -9.25. The third-order valence-corrected chi connectivity index (χ3v) is 4.87. The van der Waals surface area contributed by atoms with Gasteiger partial charge < -0.3 is 0 Å². The highest BCUT2D eigenvalue weighted by Crippen LogP contribution is 2.73. The van der Waals surface area contributed by atoms with Crippen LogP contribution in [-0.4, -0.2) is 54.5 Å². The number of hydrogen-bond donors (Lipinski definition) is 1. The maximum atomic E-state index is 13.9. The molecule has 0 aromatic carbocycles. The number of halogens is 17. The van der Waals surface area contributed by atoms with E-state index < -0.39 is 57.1 Å². The largest absolute Gasteiger partial charge is 0.425 e. The molecule has 0 aliphatic rings. The molecule has 0 aromatic heterocycles. The molecule has 0 radical (unpaired) electrons. The van der Waals surface area contributed by atoms with Gasteiger partial charge in [-0.15, -0.1) is 0 Å². The number of rotatable bonds is 3. The van der Waals surface area contributed by atoms with E-state index in [0.717, 1.165) is 0 Å². The normalized spacial score (nSPS) is 16.9. The van der Waals surface area contributed by atoms with Gasteiger partial charge in [0.25, 0.3) is 10.1 Å². The molecule has 0 aliphatic carbocycles. The van der Waals surface area contributed by atoms with Crippen molar-refractivity contribution in [2.75, 3.05) is 0 Å². The molecule has 0 fully saturated rings. The lowest BCUT2D eigenvalue weighted by atomic mass is 9.71. The minimum atomic E-state index is -9.43. The number of alkyl halides is 17. The molecule has 0 aromatic rings. The van der Waals surface area contributed by atoms with Crippen LogP contribution in [0.15, 0.2) is 0 Å². The first-order chi connectivity index (χ1) is 12.0. The second kappa shape index (κ2) is 6.36. The van der Waals surface area contributed by atoms with Gasteiger partial charge >= 0.3 is 47.0 Å². The highest BCUT2D eigenvalue weighted by molar-refractivity contribution is 7.87. The summed E-state index contributed by atoms with van der Waals surface area (Å²) in [5.74, 6) is -9.43. The summed E-state index contributed by atoms with van der Waals surface area (Å²) in [6, 6.07) is 0. The van der Waals surface area contributed by atoms with Crippen molar-refractivity contribution in [3.63, 3.8) is 0 Å². The zero-order valence-electron chi connectivity index (χ0n) is 12.1. The van der Waals surface area contributed by atoms with Crippen LogP contribution in [0.4, 0.5) is 74.6 Å². The predicted molar refractivity (Wildman–Crippen MR) is 51.9 cm³/mol. The van der Waals surface area contributed by atoms with Crippen molar-refractivity contribution in [1.82, 2.24) is 0 Å². The maximum absolute atomic E-state index is 13.9. The van der Waals surface area contributed by atoms with Crippen LogP contribution in [0.5, 0.6) is 0 Å². The molecule has 0 amide bonds. The monoisotopic (exact) mass is 500 g/mol. The van der Waals surface area contributed by atoms with E-state index in [2.05, 4.69) is 0 Å². The molecule has 0 heterocycles. The van der Waals surface area contributed by atoms with Crippen LogP contribution in [-0.2, 0) is 10.1 Å². The van der Waals surface area contributed by atoms with Crippen molar-refractivity contribution >= 4 is 10.1 Å². The fraction of sp³-hybridized carbons (Fsp3) is 1.00. The van der Waals surface area contributed by atoms with E-state index in [9.17, 15) is 83.1 Å². The zero-order valence-corrected chi connectivity index (χ0v) is 12.9. The van der Waals surface area contributed by atoms with E-state index in [4.69, 9.17) is 4.55 Å². The van der Waals surface area contributed by atoms with Crippen molar-refractivity contribution in [3.8, 4) is 0 Å². The zero-order chi connectivity index (χ0) is 24.5. The first-order valence-electron chi connectivity index (χ1n) is 5.68. The molecule has 0 spiro atoms. The summed E-state index contributed by atoms with van der Waals surface area (Å²) in [7, 11) is -8.96. The molecule has 0 atom stereocenters. The van der Waals surface area contributed by atoms with Crippen LogP contribution < -0.4 is 0 Å². The van der Waals surface area contributed by atoms with Gasteiger partial charge in [-0.25, -0.2) is 8.78 Å². The summed E-state index contributed by atoms with van der Waals surface area (Å²) in [6.45, 7) is 0. The van der Waals surface area contributed by atoms with Crippen molar-refractivity contribution in [2.45, 2.75) is 41.6 Å². The summed E-state index contributed by atoms with van der Waals surface area (Å²) in [4.78, 5) is 0. The first kappa shape index (κ1) is 27.7. The Morgan fingerprint density at radius 2 is 0.655 bits per heavy atom. The quantitative estimate of drug-likeness (QED) is 0.437. The fourth-order valence-electron chi connectivity index (χ4n) is 2.25. The number of hydrogen-bond acceptors (Lipinski definition) is 2. The van der Waals surface area contributed by atoms with Crippen LogP contribution in [0, 0.1) is 5.41 Å². The maximum Gasteiger partial charge on any atom is 0.425 e. The van der Waals surface area contributed by atoms with Crippen LogP contribution >= 0.6 is 0 Å². The Balaban J connectivity index is 8.34. The minimum absolute atomic E-state index is 8.05. The van der Waals surface area contributed by atoms with E-state index in [0.29, 0.717) is 0 Å². The van der Waals surface area contributed by atoms with Crippen molar-refractivity contribution in [3.05, 3.63) is 0 Å². The van der Waals surface area contributed by atoms with E-state index in [1.807, 2.05) is 0 Å². The Labute approximate surface area is 146 Å². The topological polar surface area (TPSA) is 54.4 Å². The summed E-state index contributed by atoms with van der Waals surface area (Å²) in [6.07, 6.45) is -43.4. The molecule has 3 nitrogen and oxygen atoms in total. The van der Waals surface area contributed by atoms with Gasteiger partial charge in [-0.05, 0) is 0 Å². The Kier molecular flexibility index (Phi) is 6.08. The molecular formula is C8HF17O3S. The lowest BCUT2D eigenvalue weighted by molar-refractivity contribution is -0.495. The van der Waals surface area contributed by atoms with Gasteiger partial charge in [0, 0.05) is 0 Å². The lowest BCUT2D eigenvalue weighted by Crippen LogP contribution is -2.82. The van der Waals surface area contributed by atoms with E-state index in [1.165, 1.54) is 0 Å². The first-order valence-corrected chi connectivity index (χ1v) is 7.12. The molecule has 0 bridgehead atoms. The minimum Gasteiger partial charge on any atom is -0.284 e. The SMILES string of the molecule is O=S(=O)(O)C(C(F)(F)F)(C(F)(F)F)C(F)(F)C(C(F)(F)F)(C(F)(F)F)C(F)(F)F. The molecule has 21 heteroatoms. The van der Waals surface area contributed by atoms with Gasteiger partial charge in [-0.2, -0.15) is 74.3 Å². The Hall–Kier alpha value is -1.28. The highest BCUT2D eigenvalue weighted by atomic mass is 32.2. The summed E-state index contributed by atoms with van der Waals surface area (Å²) >= 11 is 0. The van der Waals surface area contributed by atoms with Crippen molar-refractivity contribution in [1.29, 1.82) is 0 Å². The molecule has 1 N–H and O–H groups in total. The fourth-order valence-corrected chi connectivity index (χ4v) is 3.31. The average Bonchev–Trinajstić information content (AvgIpc) is 2.12. The molecule has 0 saturated heterocycles. The van der Waals surface area contributed by atoms with Gasteiger partial charge in [0.1, 0.15) is 0 Å². The van der Waals surface area contributed by atoms with Crippen LogP contribution in [0.2, 0.25) is 0 Å². The van der Waals surface area contributed by atoms with Crippen LogP contribution in [0.3, 0.4) is 0 Å². The van der Waals surface area contributed by atoms with Gasteiger partial charge in [0.05, 0.1) is 0 Å². The Morgan fingerprint density at radius 1 is 0.448 bits per heavy atom. The van der Waals surface area contributed by atoms with Gasteiger partial charge in [-0.3, -0.25) is 4.55 Å². The van der Waals surface area contributed by atoms with Crippen LogP contribution in [0.1, 0.15) is 0 Å². The Bertz CT molecular complexity index is 664. The van der Waals surface area contributed by atoms with Crippen molar-refractivity contribution in [2.24, 2.45) is 5.41 Å². The van der Waals surface area contributed by atoms with Gasteiger partial charge in [0.15, 0.2) is 0 Å². The molecular weight excluding hydrogens is 499 g/mol. The molecule has 29 heavy (non-hydrogen) atoms. The van der Waals surface area contributed by atoms with E-state index >= 15 is 0 Å². The van der Waals surface area contributed by atoms with Gasteiger partial charge in [-0.1, -0.05) is 0 Å². The summed E-state index contributed by atoms with van der Waals surface area (Å²) < 4.78 is 238. The van der Waals surface area contributed by atoms with E-state index in [-0.39, 0.29) is 0 Å². The second-order valence-electron chi connectivity index (χ2n) is 4.97. The molecule has 0 unspecified atom stereocenters. The summed E-state index contributed by atoms with van der Waals surface area (Å²) in [5, 5.41) is 0. The molecule has 176 valence electrons. The third kappa shape index (κ3) is 3.26. The Morgan fingerprint density at radius 3 is 0.759 bits per heavy atom. The predicted octanol–water partition coefficient (Wildman–Crippen LogP) is 5.05. The third-order valence-electron chi connectivity index (χ3n) is 3.37. The van der Waals surface area contributed by atoms with Gasteiger partial charge in [0.2, 0.25) is 0 Å². The van der Waals surface area contributed by atoms with Crippen LogP contribution in [0.25, 0.3) is 0 Å². The second-order valence-corrected chi connectivity index (χ2v) is 6.53. The standard InChI is InChI=1S/C8HF17O3S/c9-3(10,1(4(11,12)13,5(14,15)16)6(17,18)19)2(7(20,21)22,8(23,24)25)29(26,27)28/h(H,26,27,28). The highest BCUT2D eigenvalue weighted by Gasteiger charge is 3.04.